The number of fused-ring (bicyclic) bond motifs is 2. The summed E-state index contributed by atoms with van der Waals surface area (Å²) in [6, 6.07) is 10.8. The normalized spacial score (nSPS) is 13.2. The first-order valence-electron chi connectivity index (χ1n) is 10.1. The Hall–Kier alpha value is -3.46. The summed E-state index contributed by atoms with van der Waals surface area (Å²) in [5.41, 5.74) is 4.35. The van der Waals surface area contributed by atoms with Crippen molar-refractivity contribution in [2.24, 2.45) is 0 Å². The quantitative estimate of drug-likeness (QED) is 0.496. The van der Waals surface area contributed by atoms with Gasteiger partial charge in [0, 0.05) is 42.1 Å². The van der Waals surface area contributed by atoms with E-state index in [4.69, 9.17) is 4.74 Å². The first-order chi connectivity index (χ1) is 15.3. The van der Waals surface area contributed by atoms with Gasteiger partial charge >= 0.3 is 0 Å². The number of imidazole rings is 1. The largest absolute Gasteiger partial charge is 0.493 e. The van der Waals surface area contributed by atoms with Crippen molar-refractivity contribution in [2.75, 3.05) is 18.2 Å². The summed E-state index contributed by atoms with van der Waals surface area (Å²) in [5, 5.41) is 3.12. The van der Waals surface area contributed by atoms with Crippen LogP contribution in [0, 0.1) is 12.7 Å². The Morgan fingerprint density at radius 2 is 1.94 bits per heavy atom. The van der Waals surface area contributed by atoms with Gasteiger partial charge in [0.1, 0.15) is 17.9 Å². The van der Waals surface area contributed by atoms with Crippen molar-refractivity contribution in [2.45, 2.75) is 24.9 Å². The van der Waals surface area contributed by atoms with Gasteiger partial charge in [0.25, 0.3) is 0 Å². The molecule has 1 aliphatic heterocycles. The molecule has 0 fully saturated rings. The standard InChI is InChI=1S/C23H21FN4O3S/c1-14-3-5-15(6-4-14)17-11-25-23(28-13-27-22(21(17)28)32(2,29)30)26-12-18-16-9-10-31-20(16)8-7-19(18)24/h3-8,11,13H,9-10,12H2,1-2H3,(H,25,26). The van der Waals surface area contributed by atoms with E-state index in [2.05, 4.69) is 15.3 Å². The van der Waals surface area contributed by atoms with Crippen LogP contribution in [-0.4, -0.2) is 35.6 Å². The Balaban J connectivity index is 1.60. The van der Waals surface area contributed by atoms with Gasteiger partial charge < -0.3 is 10.1 Å². The summed E-state index contributed by atoms with van der Waals surface area (Å²) < 4.78 is 46.5. The predicted molar refractivity (Wildman–Crippen MR) is 119 cm³/mol. The lowest BCUT2D eigenvalue weighted by Gasteiger charge is -2.14. The fourth-order valence-corrected chi connectivity index (χ4v) is 4.81. The molecule has 1 aliphatic rings. The van der Waals surface area contributed by atoms with Crippen molar-refractivity contribution >= 4 is 21.3 Å². The summed E-state index contributed by atoms with van der Waals surface area (Å²) in [7, 11) is -3.59. The number of nitrogens with one attached hydrogen (secondary N) is 1. The Labute approximate surface area is 184 Å². The van der Waals surface area contributed by atoms with E-state index in [1.54, 1.807) is 16.7 Å². The number of sulfone groups is 1. The fraction of sp³-hybridized carbons (Fsp3) is 0.217. The van der Waals surface area contributed by atoms with E-state index in [-0.39, 0.29) is 17.4 Å². The number of anilines is 1. The third-order valence-corrected chi connectivity index (χ3v) is 6.61. The van der Waals surface area contributed by atoms with Gasteiger partial charge in [-0.3, -0.25) is 4.40 Å². The Morgan fingerprint density at radius 1 is 1.16 bits per heavy atom. The minimum absolute atomic E-state index is 0.0290. The Bertz CT molecular complexity index is 1450. The van der Waals surface area contributed by atoms with E-state index in [9.17, 15) is 12.8 Å². The molecule has 0 unspecified atom stereocenters. The van der Waals surface area contributed by atoms with Crippen LogP contribution in [0.1, 0.15) is 16.7 Å². The van der Waals surface area contributed by atoms with Crippen LogP contribution in [0.2, 0.25) is 0 Å². The van der Waals surface area contributed by atoms with Crippen LogP contribution in [0.5, 0.6) is 5.75 Å². The molecule has 5 rings (SSSR count). The summed E-state index contributed by atoms with van der Waals surface area (Å²) in [4.78, 5) is 8.66. The number of hydrogen-bond donors (Lipinski definition) is 1. The zero-order valence-electron chi connectivity index (χ0n) is 17.6. The summed E-state index contributed by atoms with van der Waals surface area (Å²) >= 11 is 0. The van der Waals surface area contributed by atoms with Crippen LogP contribution in [0.4, 0.5) is 10.3 Å². The highest BCUT2D eigenvalue weighted by Crippen LogP contribution is 2.32. The molecule has 9 heteroatoms. The average molecular weight is 453 g/mol. The highest BCUT2D eigenvalue weighted by Gasteiger charge is 2.23. The summed E-state index contributed by atoms with van der Waals surface area (Å²) in [6.45, 7) is 2.69. The fourth-order valence-electron chi connectivity index (χ4n) is 4.01. The molecule has 7 nitrogen and oxygen atoms in total. The van der Waals surface area contributed by atoms with E-state index in [1.165, 1.54) is 12.4 Å². The molecule has 164 valence electrons. The first kappa shape index (κ1) is 20.4. The predicted octanol–water partition coefficient (Wildman–Crippen LogP) is 3.79. The molecule has 0 atom stereocenters. The van der Waals surface area contributed by atoms with Crippen LogP contribution in [-0.2, 0) is 22.8 Å². The maximum Gasteiger partial charge on any atom is 0.209 e. The molecular weight excluding hydrogens is 431 g/mol. The first-order valence-corrected chi connectivity index (χ1v) is 12.0. The van der Waals surface area contributed by atoms with Crippen molar-refractivity contribution in [3.8, 4) is 16.9 Å². The van der Waals surface area contributed by atoms with Gasteiger partial charge in [0.2, 0.25) is 5.95 Å². The molecule has 0 saturated carbocycles. The minimum Gasteiger partial charge on any atom is -0.493 e. The Morgan fingerprint density at radius 3 is 2.69 bits per heavy atom. The van der Waals surface area contributed by atoms with Crippen LogP contribution in [0.3, 0.4) is 0 Å². The van der Waals surface area contributed by atoms with Gasteiger partial charge in [-0.2, -0.15) is 0 Å². The summed E-state index contributed by atoms with van der Waals surface area (Å²) in [5.74, 6) is 0.740. The third kappa shape index (κ3) is 3.48. The van der Waals surface area contributed by atoms with E-state index in [0.29, 0.717) is 41.4 Å². The smallest absolute Gasteiger partial charge is 0.209 e. The molecular formula is C23H21FN4O3S. The lowest BCUT2D eigenvalue weighted by atomic mass is 10.0. The van der Waals surface area contributed by atoms with Crippen molar-refractivity contribution in [1.29, 1.82) is 0 Å². The number of benzene rings is 2. The second kappa shape index (κ2) is 7.59. The highest BCUT2D eigenvalue weighted by molar-refractivity contribution is 7.90. The second-order valence-electron chi connectivity index (χ2n) is 7.86. The lowest BCUT2D eigenvalue weighted by Crippen LogP contribution is -2.10. The topological polar surface area (TPSA) is 85.6 Å². The average Bonchev–Trinajstić information content (AvgIpc) is 3.41. The highest BCUT2D eigenvalue weighted by atomic mass is 32.2. The van der Waals surface area contributed by atoms with Crippen LogP contribution in [0.25, 0.3) is 16.6 Å². The minimum atomic E-state index is -3.59. The number of aromatic nitrogens is 3. The van der Waals surface area contributed by atoms with Gasteiger partial charge in [-0.1, -0.05) is 29.8 Å². The molecule has 0 bridgehead atoms. The van der Waals surface area contributed by atoms with E-state index >= 15 is 0 Å². The SMILES string of the molecule is Cc1ccc(-c2cnc(NCc3c(F)ccc4c3CCO4)n3cnc(S(C)(=O)=O)c23)cc1. The molecule has 4 aromatic rings. The number of halogens is 1. The maximum absolute atomic E-state index is 14.5. The zero-order valence-corrected chi connectivity index (χ0v) is 18.4. The third-order valence-electron chi connectivity index (χ3n) is 5.61. The van der Waals surface area contributed by atoms with Crippen molar-refractivity contribution < 1.29 is 17.5 Å². The van der Waals surface area contributed by atoms with Crippen LogP contribution >= 0.6 is 0 Å². The molecule has 2 aromatic carbocycles. The van der Waals surface area contributed by atoms with Crippen molar-refractivity contribution in [3.05, 3.63) is 71.4 Å². The molecule has 2 aromatic heterocycles. The van der Waals surface area contributed by atoms with Crippen molar-refractivity contribution in [3.63, 3.8) is 0 Å². The number of ether oxygens (including phenoxy) is 1. The van der Waals surface area contributed by atoms with Gasteiger partial charge in [-0.05, 0) is 24.6 Å². The van der Waals surface area contributed by atoms with Gasteiger partial charge in [0.15, 0.2) is 14.9 Å². The summed E-state index contributed by atoms with van der Waals surface area (Å²) in [6.07, 6.45) is 4.81. The number of nitrogens with zero attached hydrogens (tertiary/aromatic N) is 3. The number of rotatable bonds is 5. The number of aryl methyl sites for hydroxylation is 1. The van der Waals surface area contributed by atoms with Crippen LogP contribution in [0.15, 0.2) is 53.9 Å². The van der Waals surface area contributed by atoms with Gasteiger partial charge in [-0.15, -0.1) is 0 Å². The van der Waals surface area contributed by atoms with Gasteiger partial charge in [-0.25, -0.2) is 22.8 Å². The van der Waals surface area contributed by atoms with Crippen LogP contribution < -0.4 is 10.1 Å². The molecule has 0 spiro atoms. The molecule has 32 heavy (non-hydrogen) atoms. The molecule has 0 aliphatic carbocycles. The molecule has 0 amide bonds. The zero-order chi connectivity index (χ0) is 22.5. The molecule has 1 N–H and O–H groups in total. The Kier molecular flexibility index (Phi) is 4.85. The molecule has 0 radical (unpaired) electrons. The van der Waals surface area contributed by atoms with E-state index < -0.39 is 9.84 Å². The molecule has 0 saturated heterocycles. The monoisotopic (exact) mass is 452 g/mol. The van der Waals surface area contributed by atoms with Gasteiger partial charge in [0.05, 0.1) is 12.1 Å². The number of hydrogen-bond acceptors (Lipinski definition) is 6. The molecule has 3 heterocycles. The maximum atomic E-state index is 14.5. The lowest BCUT2D eigenvalue weighted by molar-refractivity contribution is 0.356. The second-order valence-corrected chi connectivity index (χ2v) is 9.79. The van der Waals surface area contributed by atoms with Crippen molar-refractivity contribution in [1.82, 2.24) is 14.4 Å². The van der Waals surface area contributed by atoms with E-state index in [0.717, 1.165) is 22.9 Å². The van der Waals surface area contributed by atoms with E-state index in [1.807, 2.05) is 31.2 Å².